The van der Waals surface area contributed by atoms with Crippen LogP contribution in [0.1, 0.15) is 122 Å². The summed E-state index contributed by atoms with van der Waals surface area (Å²) >= 11 is 0. The Kier molecular flexibility index (Phi) is 24.2. The van der Waals surface area contributed by atoms with E-state index >= 15 is 0 Å². The third-order valence-corrected chi connectivity index (χ3v) is 5.57. The van der Waals surface area contributed by atoms with Crippen molar-refractivity contribution in [3.63, 3.8) is 0 Å². The molecule has 0 aliphatic rings. The fourth-order valence-electron chi connectivity index (χ4n) is 3.53. The summed E-state index contributed by atoms with van der Waals surface area (Å²) in [7, 11) is -1.00. The van der Waals surface area contributed by atoms with Gasteiger partial charge in [0.05, 0.1) is 6.61 Å². The Morgan fingerprint density at radius 3 is 1.41 bits per heavy atom. The molecule has 0 rings (SSSR count). The Morgan fingerprint density at radius 1 is 0.667 bits per heavy atom. The Bertz CT molecular complexity index is 293. The first-order valence-corrected chi connectivity index (χ1v) is 12.7. The normalized spacial score (nSPS) is 13.0. The van der Waals surface area contributed by atoms with Gasteiger partial charge in [0.2, 0.25) is 0 Å². The van der Waals surface area contributed by atoms with Gasteiger partial charge in [-0.25, -0.2) is 0 Å². The van der Waals surface area contributed by atoms with Crippen molar-refractivity contribution in [2.45, 2.75) is 129 Å². The highest BCUT2D eigenvalue weighted by atomic mass is 31.1. The van der Waals surface area contributed by atoms with Crippen LogP contribution in [0.4, 0.5) is 0 Å². The van der Waals surface area contributed by atoms with E-state index in [4.69, 9.17) is 15.0 Å². The predicted molar refractivity (Wildman–Crippen MR) is 119 cm³/mol. The van der Waals surface area contributed by atoms with Gasteiger partial charge in [-0.15, -0.1) is 0 Å². The summed E-state index contributed by atoms with van der Waals surface area (Å²) in [5, 5.41) is 0. The van der Waals surface area contributed by atoms with Crippen molar-refractivity contribution in [2.75, 3.05) is 13.2 Å². The number of rotatable bonds is 23. The highest BCUT2D eigenvalue weighted by molar-refractivity contribution is 7.17. The summed E-state index contributed by atoms with van der Waals surface area (Å²) in [6.07, 6.45) is 23.8. The van der Waals surface area contributed by atoms with Gasteiger partial charge < -0.3 is 15.0 Å². The largest absolute Gasteiger partial charge is 0.364 e. The molecule has 0 heterocycles. The minimum atomic E-state index is -1.00. The van der Waals surface area contributed by atoms with Crippen LogP contribution in [0.2, 0.25) is 0 Å². The maximum absolute atomic E-state index is 10.2. The summed E-state index contributed by atoms with van der Waals surface area (Å²) in [6.45, 7) is 3.41. The SMILES string of the molecule is CCOC(N)CCCCCCCCCCCCCCCCCCCO[PH2]=O. The molecule has 0 aromatic carbocycles. The van der Waals surface area contributed by atoms with E-state index in [0.29, 0.717) is 6.61 Å². The van der Waals surface area contributed by atoms with E-state index in [9.17, 15) is 4.57 Å². The Morgan fingerprint density at radius 2 is 1.04 bits per heavy atom. The second-order valence-corrected chi connectivity index (χ2v) is 8.29. The van der Waals surface area contributed by atoms with Gasteiger partial charge in [-0.2, -0.15) is 0 Å². The van der Waals surface area contributed by atoms with E-state index in [1.807, 2.05) is 6.92 Å². The van der Waals surface area contributed by atoms with Crippen molar-refractivity contribution in [1.82, 2.24) is 0 Å². The lowest BCUT2D eigenvalue weighted by Gasteiger charge is -2.10. The highest BCUT2D eigenvalue weighted by Gasteiger charge is 2.00. The van der Waals surface area contributed by atoms with Crippen LogP contribution in [0, 0.1) is 0 Å². The molecule has 0 amide bonds. The molecule has 0 bridgehead atoms. The van der Waals surface area contributed by atoms with Gasteiger partial charge >= 0.3 is 0 Å². The average Bonchev–Trinajstić information content (AvgIpc) is 2.66. The summed E-state index contributed by atoms with van der Waals surface area (Å²) in [5.41, 5.74) is 5.83. The first kappa shape index (κ1) is 27.1. The number of hydrogen-bond donors (Lipinski definition) is 1. The lowest BCUT2D eigenvalue weighted by molar-refractivity contribution is 0.0597. The first-order valence-electron chi connectivity index (χ1n) is 11.7. The topological polar surface area (TPSA) is 61.6 Å². The maximum atomic E-state index is 10.2. The molecular weight excluding hydrogens is 357 g/mol. The quantitative estimate of drug-likeness (QED) is 0.113. The van der Waals surface area contributed by atoms with Gasteiger partial charge in [0, 0.05) is 6.61 Å². The van der Waals surface area contributed by atoms with Gasteiger partial charge in [0.1, 0.15) is 6.23 Å². The smallest absolute Gasteiger partial charge is 0.179 e. The van der Waals surface area contributed by atoms with Crippen molar-refractivity contribution in [1.29, 1.82) is 0 Å². The lowest BCUT2D eigenvalue weighted by atomic mass is 10.0. The van der Waals surface area contributed by atoms with E-state index in [1.54, 1.807) is 0 Å². The first-order chi connectivity index (χ1) is 13.3. The van der Waals surface area contributed by atoms with Crippen LogP contribution in [0.3, 0.4) is 0 Å². The van der Waals surface area contributed by atoms with Crippen molar-refractivity contribution in [3.05, 3.63) is 0 Å². The molecule has 0 aromatic heterocycles. The summed E-state index contributed by atoms with van der Waals surface area (Å²) in [4.78, 5) is 0. The molecule has 5 heteroatoms. The lowest BCUT2D eigenvalue weighted by Crippen LogP contribution is -2.23. The number of ether oxygens (including phenoxy) is 1. The van der Waals surface area contributed by atoms with E-state index < -0.39 is 8.69 Å². The standard InChI is InChI=1S/C22H48NO3P/c1-2-25-22(23)20-18-16-14-12-10-8-6-4-3-5-7-9-11-13-15-17-19-21-26-27-24/h22H,2-21,23,27H2,1H3. The third kappa shape index (κ3) is 24.1. The molecule has 0 saturated heterocycles. The van der Waals surface area contributed by atoms with Crippen LogP contribution in [-0.4, -0.2) is 19.4 Å². The molecule has 0 spiro atoms. The molecule has 2 atom stereocenters. The van der Waals surface area contributed by atoms with Crippen molar-refractivity contribution in [2.24, 2.45) is 5.73 Å². The van der Waals surface area contributed by atoms with E-state index in [1.165, 1.54) is 103 Å². The average molecular weight is 406 g/mol. The van der Waals surface area contributed by atoms with Crippen molar-refractivity contribution >= 4 is 8.69 Å². The Labute approximate surface area is 170 Å². The zero-order chi connectivity index (χ0) is 19.8. The van der Waals surface area contributed by atoms with Gasteiger partial charge in [-0.3, -0.25) is 4.57 Å². The second kappa shape index (κ2) is 24.1. The van der Waals surface area contributed by atoms with Crippen LogP contribution in [0.5, 0.6) is 0 Å². The molecular formula is C22H48NO3P. The number of nitrogens with two attached hydrogens (primary N) is 1. The Hall–Kier alpha value is 0.110. The van der Waals surface area contributed by atoms with Crippen LogP contribution in [0.25, 0.3) is 0 Å². The molecule has 0 aliphatic heterocycles. The summed E-state index contributed by atoms with van der Waals surface area (Å²) in [6, 6.07) is 0. The van der Waals surface area contributed by atoms with Crippen LogP contribution in [-0.2, 0) is 13.8 Å². The minimum absolute atomic E-state index is 0.0498. The molecule has 2 N–H and O–H groups in total. The molecule has 4 nitrogen and oxygen atoms in total. The molecule has 0 saturated carbocycles. The van der Waals surface area contributed by atoms with Gasteiger partial charge in [0.15, 0.2) is 8.69 Å². The predicted octanol–water partition coefficient (Wildman–Crippen LogP) is 7.02. The zero-order valence-electron chi connectivity index (χ0n) is 18.1. The Balaban J connectivity index is 3.02. The maximum Gasteiger partial charge on any atom is 0.179 e. The highest BCUT2D eigenvalue weighted by Crippen LogP contribution is 2.14. The number of unbranched alkanes of at least 4 members (excludes halogenated alkanes) is 16. The van der Waals surface area contributed by atoms with Crippen molar-refractivity contribution < 1.29 is 13.8 Å². The fourth-order valence-corrected chi connectivity index (χ4v) is 3.79. The second-order valence-electron chi connectivity index (χ2n) is 7.76. The third-order valence-electron chi connectivity index (χ3n) is 5.20. The fraction of sp³-hybridized carbons (Fsp3) is 1.00. The van der Waals surface area contributed by atoms with E-state index in [-0.39, 0.29) is 6.23 Å². The molecule has 27 heavy (non-hydrogen) atoms. The number of hydrogen-bond acceptors (Lipinski definition) is 4. The summed E-state index contributed by atoms with van der Waals surface area (Å²) in [5.74, 6) is 0. The van der Waals surface area contributed by atoms with Crippen LogP contribution >= 0.6 is 8.69 Å². The van der Waals surface area contributed by atoms with Gasteiger partial charge in [-0.05, 0) is 26.2 Å². The van der Waals surface area contributed by atoms with E-state index in [0.717, 1.165) is 19.4 Å². The van der Waals surface area contributed by atoms with Gasteiger partial charge in [-0.1, -0.05) is 96.3 Å². The van der Waals surface area contributed by atoms with Gasteiger partial charge in [0.25, 0.3) is 0 Å². The van der Waals surface area contributed by atoms with Crippen LogP contribution in [0.15, 0.2) is 0 Å². The zero-order valence-corrected chi connectivity index (χ0v) is 19.3. The van der Waals surface area contributed by atoms with Crippen LogP contribution < -0.4 is 5.73 Å². The molecule has 2 unspecified atom stereocenters. The monoisotopic (exact) mass is 405 g/mol. The molecule has 0 fully saturated rings. The van der Waals surface area contributed by atoms with Crippen molar-refractivity contribution in [3.8, 4) is 0 Å². The van der Waals surface area contributed by atoms with E-state index in [2.05, 4.69) is 0 Å². The summed E-state index contributed by atoms with van der Waals surface area (Å²) < 4.78 is 20.4. The molecule has 0 aromatic rings. The minimum Gasteiger partial charge on any atom is -0.364 e. The molecule has 0 radical (unpaired) electrons. The molecule has 164 valence electrons. The molecule has 0 aliphatic carbocycles.